The summed E-state index contributed by atoms with van der Waals surface area (Å²) in [5, 5.41) is 4.12. The molecule has 3 rings (SSSR count). The number of sulfonamides is 1. The topological polar surface area (TPSA) is 62.3 Å². The van der Waals surface area contributed by atoms with Crippen LogP contribution in [-0.4, -0.2) is 42.9 Å². The fourth-order valence-electron chi connectivity index (χ4n) is 2.90. The van der Waals surface area contributed by atoms with E-state index >= 15 is 0 Å². The Kier molecular flexibility index (Phi) is 4.52. The quantitative estimate of drug-likeness (QED) is 0.893. The molecule has 19 heavy (non-hydrogen) atoms. The summed E-state index contributed by atoms with van der Waals surface area (Å²) in [7, 11) is -3.35. The number of thiazole rings is 1. The molecule has 2 aliphatic heterocycles. The molecular formula is C11H18ClN3O2S2. The zero-order valence-corrected chi connectivity index (χ0v) is 13.2. The normalized spacial score (nSPS) is 27.8. The lowest BCUT2D eigenvalue weighted by atomic mass is 10.1. The number of fused-ring (bicyclic) bond motifs is 2. The highest BCUT2D eigenvalue weighted by Gasteiger charge is 2.43. The maximum absolute atomic E-state index is 12.7. The molecule has 0 spiro atoms. The second kappa shape index (κ2) is 5.65. The first-order chi connectivity index (χ1) is 8.59. The number of halogens is 1. The van der Waals surface area contributed by atoms with E-state index in [0.717, 1.165) is 37.4 Å². The van der Waals surface area contributed by atoms with Crippen LogP contribution in [0.1, 0.15) is 24.3 Å². The van der Waals surface area contributed by atoms with Gasteiger partial charge in [0.15, 0.2) is 4.21 Å². The SMILES string of the molecule is Cc1ncc(S(=O)(=O)N2C3CCNCC2CC3)s1.Cl. The van der Waals surface area contributed by atoms with Crippen LogP contribution in [0.4, 0.5) is 0 Å². The minimum Gasteiger partial charge on any atom is -0.315 e. The second-order valence-electron chi connectivity index (χ2n) is 4.91. The Balaban J connectivity index is 0.00000133. The van der Waals surface area contributed by atoms with E-state index in [-0.39, 0.29) is 24.5 Å². The van der Waals surface area contributed by atoms with E-state index in [9.17, 15) is 8.42 Å². The molecule has 0 radical (unpaired) electrons. The number of nitrogens with zero attached hydrogens (tertiary/aromatic N) is 2. The van der Waals surface area contributed by atoms with Crippen molar-refractivity contribution in [3.63, 3.8) is 0 Å². The van der Waals surface area contributed by atoms with Crippen LogP contribution >= 0.6 is 23.7 Å². The van der Waals surface area contributed by atoms with E-state index in [0.29, 0.717) is 4.21 Å². The van der Waals surface area contributed by atoms with E-state index in [4.69, 9.17) is 0 Å². The van der Waals surface area contributed by atoms with Crippen molar-refractivity contribution in [2.45, 2.75) is 42.5 Å². The van der Waals surface area contributed by atoms with Crippen LogP contribution in [0.5, 0.6) is 0 Å². The van der Waals surface area contributed by atoms with Gasteiger partial charge < -0.3 is 5.32 Å². The molecule has 0 amide bonds. The molecule has 2 aliphatic rings. The van der Waals surface area contributed by atoms with Gasteiger partial charge in [-0.25, -0.2) is 13.4 Å². The molecule has 1 aromatic rings. The van der Waals surface area contributed by atoms with Crippen molar-refractivity contribution in [3.05, 3.63) is 11.2 Å². The molecule has 0 aromatic carbocycles. The molecule has 2 bridgehead atoms. The Morgan fingerprint density at radius 2 is 2.11 bits per heavy atom. The van der Waals surface area contributed by atoms with Crippen molar-refractivity contribution < 1.29 is 8.42 Å². The van der Waals surface area contributed by atoms with E-state index in [2.05, 4.69) is 10.3 Å². The zero-order chi connectivity index (χ0) is 12.8. The first-order valence-electron chi connectivity index (χ1n) is 6.26. The summed E-state index contributed by atoms with van der Waals surface area (Å²) < 4.78 is 27.5. The molecule has 8 heteroatoms. The van der Waals surface area contributed by atoms with E-state index in [1.807, 2.05) is 6.92 Å². The smallest absolute Gasteiger partial charge is 0.254 e. The van der Waals surface area contributed by atoms with Gasteiger partial charge in [0.1, 0.15) is 0 Å². The third-order valence-corrected chi connectivity index (χ3v) is 7.07. The predicted octanol–water partition coefficient (Wildman–Crippen LogP) is 1.39. The molecule has 1 aromatic heterocycles. The average molecular weight is 324 g/mol. The van der Waals surface area contributed by atoms with E-state index < -0.39 is 10.0 Å². The van der Waals surface area contributed by atoms with Crippen LogP contribution in [0, 0.1) is 6.92 Å². The van der Waals surface area contributed by atoms with Gasteiger partial charge in [-0.15, -0.1) is 23.7 Å². The van der Waals surface area contributed by atoms with Gasteiger partial charge in [-0.1, -0.05) is 0 Å². The fourth-order valence-corrected chi connectivity index (χ4v) is 6.01. The molecule has 5 nitrogen and oxygen atoms in total. The van der Waals surface area contributed by atoms with Gasteiger partial charge in [-0.05, 0) is 32.7 Å². The summed E-state index contributed by atoms with van der Waals surface area (Å²) in [5.74, 6) is 0. The molecule has 108 valence electrons. The summed E-state index contributed by atoms with van der Waals surface area (Å²) in [6, 6.07) is 0.280. The molecule has 0 saturated carbocycles. The second-order valence-corrected chi connectivity index (χ2v) is 8.22. The van der Waals surface area contributed by atoms with E-state index in [1.165, 1.54) is 17.5 Å². The van der Waals surface area contributed by atoms with Gasteiger partial charge in [0.25, 0.3) is 10.0 Å². The van der Waals surface area contributed by atoms with Crippen molar-refractivity contribution in [2.24, 2.45) is 0 Å². The zero-order valence-electron chi connectivity index (χ0n) is 10.7. The Labute approximate surface area is 123 Å². The Morgan fingerprint density at radius 1 is 1.37 bits per heavy atom. The summed E-state index contributed by atoms with van der Waals surface area (Å²) in [4.78, 5) is 4.07. The molecule has 2 atom stereocenters. The molecule has 3 heterocycles. The minimum atomic E-state index is -3.35. The van der Waals surface area contributed by atoms with Crippen LogP contribution in [0.2, 0.25) is 0 Å². The van der Waals surface area contributed by atoms with Crippen LogP contribution < -0.4 is 5.32 Å². The molecular weight excluding hydrogens is 306 g/mol. The van der Waals surface area contributed by atoms with Gasteiger partial charge in [0, 0.05) is 18.6 Å². The number of aryl methyl sites for hydroxylation is 1. The molecule has 2 unspecified atom stereocenters. The first-order valence-corrected chi connectivity index (χ1v) is 8.51. The van der Waals surface area contributed by atoms with Gasteiger partial charge >= 0.3 is 0 Å². The van der Waals surface area contributed by atoms with Crippen molar-refractivity contribution in [3.8, 4) is 0 Å². The molecule has 1 N–H and O–H groups in total. The Bertz CT molecular complexity index is 532. The van der Waals surface area contributed by atoms with Crippen LogP contribution in [-0.2, 0) is 10.0 Å². The first kappa shape index (κ1) is 15.2. The monoisotopic (exact) mass is 323 g/mol. The highest BCUT2D eigenvalue weighted by atomic mass is 35.5. The highest BCUT2D eigenvalue weighted by Crippen LogP contribution is 2.35. The van der Waals surface area contributed by atoms with Gasteiger partial charge in [0.05, 0.1) is 11.2 Å². The van der Waals surface area contributed by atoms with Crippen molar-refractivity contribution in [1.29, 1.82) is 0 Å². The number of hydrogen-bond acceptors (Lipinski definition) is 5. The summed E-state index contributed by atoms with van der Waals surface area (Å²) in [6.45, 7) is 3.52. The summed E-state index contributed by atoms with van der Waals surface area (Å²) >= 11 is 1.27. The summed E-state index contributed by atoms with van der Waals surface area (Å²) in [6.07, 6.45) is 4.36. The van der Waals surface area contributed by atoms with E-state index in [1.54, 1.807) is 4.31 Å². The largest absolute Gasteiger partial charge is 0.315 e. The Hall–Kier alpha value is -0.210. The van der Waals surface area contributed by atoms with Crippen LogP contribution in [0.3, 0.4) is 0 Å². The highest BCUT2D eigenvalue weighted by molar-refractivity contribution is 7.91. The Morgan fingerprint density at radius 3 is 2.79 bits per heavy atom. The standard InChI is InChI=1S/C11H17N3O2S2.ClH/c1-8-13-7-11(17-8)18(15,16)14-9-2-3-10(14)6-12-5-4-9;/h7,9-10,12H,2-6H2,1H3;1H. The van der Waals surface area contributed by atoms with Crippen LogP contribution in [0.25, 0.3) is 0 Å². The van der Waals surface area contributed by atoms with Crippen LogP contribution in [0.15, 0.2) is 10.4 Å². The van der Waals surface area contributed by atoms with Gasteiger partial charge in [-0.3, -0.25) is 0 Å². The number of rotatable bonds is 2. The van der Waals surface area contributed by atoms with Gasteiger partial charge in [0.2, 0.25) is 0 Å². The third kappa shape index (κ3) is 2.67. The number of aromatic nitrogens is 1. The number of hydrogen-bond donors (Lipinski definition) is 1. The fraction of sp³-hybridized carbons (Fsp3) is 0.727. The van der Waals surface area contributed by atoms with Crippen molar-refractivity contribution in [1.82, 2.24) is 14.6 Å². The third-order valence-electron chi connectivity index (χ3n) is 3.72. The lowest BCUT2D eigenvalue weighted by molar-refractivity contribution is 0.335. The van der Waals surface area contributed by atoms with Crippen molar-refractivity contribution >= 4 is 33.8 Å². The lowest BCUT2D eigenvalue weighted by Gasteiger charge is -2.25. The number of nitrogens with one attached hydrogen (secondary N) is 1. The summed E-state index contributed by atoms with van der Waals surface area (Å²) in [5.41, 5.74) is 0. The molecule has 2 saturated heterocycles. The average Bonchev–Trinajstić information content (AvgIpc) is 2.82. The lowest BCUT2D eigenvalue weighted by Crippen LogP contribution is -2.42. The maximum Gasteiger partial charge on any atom is 0.254 e. The van der Waals surface area contributed by atoms with Gasteiger partial charge in [-0.2, -0.15) is 4.31 Å². The molecule has 0 aliphatic carbocycles. The minimum absolute atomic E-state index is 0. The predicted molar refractivity (Wildman–Crippen MR) is 77.4 cm³/mol. The maximum atomic E-state index is 12.7. The van der Waals surface area contributed by atoms with Crippen molar-refractivity contribution in [2.75, 3.05) is 13.1 Å². The molecule has 2 fully saturated rings.